The molecule has 0 radical (unpaired) electrons. The maximum Gasteiger partial charge on any atom is 0.217 e. The lowest BCUT2D eigenvalue weighted by Gasteiger charge is -2.22. The molecule has 5 nitrogen and oxygen atoms in total. The van der Waals surface area contributed by atoms with Crippen molar-refractivity contribution >= 4 is 5.82 Å². The number of rotatable bonds is 4. The Morgan fingerprint density at radius 2 is 2.12 bits per heavy atom. The summed E-state index contributed by atoms with van der Waals surface area (Å²) in [7, 11) is 0. The lowest BCUT2D eigenvalue weighted by atomic mass is 10.1. The van der Waals surface area contributed by atoms with Crippen molar-refractivity contribution in [3.8, 4) is 0 Å². The van der Waals surface area contributed by atoms with E-state index in [1.165, 1.54) is 6.07 Å². The van der Waals surface area contributed by atoms with Crippen molar-refractivity contribution in [2.75, 3.05) is 11.4 Å². The van der Waals surface area contributed by atoms with Crippen molar-refractivity contribution in [1.29, 1.82) is 0 Å². The zero-order chi connectivity index (χ0) is 16.4. The maximum atomic E-state index is 13.8. The van der Waals surface area contributed by atoms with E-state index in [1.54, 1.807) is 30.9 Å². The second-order valence-corrected chi connectivity index (χ2v) is 5.85. The van der Waals surface area contributed by atoms with E-state index in [0.717, 1.165) is 25.2 Å². The van der Waals surface area contributed by atoms with Crippen LogP contribution in [-0.2, 0) is 6.42 Å². The standard InChI is InChI=1S/C18H17FN4O/c19-15-5-2-1-4-13(15)10-14-11-21-18(24-14)16-6-3-9-23(16)17-7-8-20-12-22-17/h1-2,4-5,7-8,11-12,16H,3,6,9-10H2. The van der Waals surface area contributed by atoms with Gasteiger partial charge in [-0.25, -0.2) is 19.3 Å². The first-order chi connectivity index (χ1) is 11.8. The Morgan fingerprint density at radius 1 is 1.21 bits per heavy atom. The first-order valence-corrected chi connectivity index (χ1v) is 8.02. The second-order valence-electron chi connectivity index (χ2n) is 5.85. The molecule has 3 heterocycles. The molecular weight excluding hydrogens is 307 g/mol. The predicted molar refractivity (Wildman–Crippen MR) is 87.1 cm³/mol. The summed E-state index contributed by atoms with van der Waals surface area (Å²) in [6, 6.07) is 8.68. The van der Waals surface area contributed by atoms with Gasteiger partial charge in [-0.2, -0.15) is 0 Å². The molecule has 1 aromatic carbocycles. The summed E-state index contributed by atoms with van der Waals surface area (Å²) in [6.45, 7) is 0.909. The third kappa shape index (κ3) is 2.87. The van der Waals surface area contributed by atoms with Gasteiger partial charge in [0, 0.05) is 19.2 Å². The van der Waals surface area contributed by atoms with E-state index in [-0.39, 0.29) is 11.9 Å². The number of nitrogens with zero attached hydrogens (tertiary/aromatic N) is 4. The Kier molecular flexibility index (Phi) is 3.94. The van der Waals surface area contributed by atoms with Gasteiger partial charge in [-0.05, 0) is 30.5 Å². The number of anilines is 1. The normalized spacial score (nSPS) is 17.4. The Labute approximate surface area is 139 Å². The largest absolute Gasteiger partial charge is 0.443 e. The summed E-state index contributed by atoms with van der Waals surface area (Å²) in [4.78, 5) is 14.9. The fourth-order valence-electron chi connectivity index (χ4n) is 3.14. The number of aromatic nitrogens is 3. The molecule has 122 valence electrons. The summed E-state index contributed by atoms with van der Waals surface area (Å²) in [5.74, 6) is 1.99. The van der Waals surface area contributed by atoms with Crippen LogP contribution in [-0.4, -0.2) is 21.5 Å². The highest BCUT2D eigenvalue weighted by Gasteiger charge is 2.30. The fraction of sp³-hybridized carbons (Fsp3) is 0.278. The molecule has 0 amide bonds. The third-order valence-electron chi connectivity index (χ3n) is 4.29. The van der Waals surface area contributed by atoms with Gasteiger partial charge in [0.1, 0.15) is 29.8 Å². The smallest absolute Gasteiger partial charge is 0.217 e. The van der Waals surface area contributed by atoms with Crippen LogP contribution < -0.4 is 4.90 Å². The first kappa shape index (κ1) is 14.8. The number of hydrogen-bond donors (Lipinski definition) is 0. The van der Waals surface area contributed by atoms with E-state index in [0.29, 0.717) is 23.6 Å². The molecule has 1 saturated heterocycles. The summed E-state index contributed by atoms with van der Waals surface area (Å²) in [5, 5.41) is 0. The Hall–Kier alpha value is -2.76. The van der Waals surface area contributed by atoms with Crippen LogP contribution in [0.2, 0.25) is 0 Å². The molecule has 0 aliphatic carbocycles. The van der Waals surface area contributed by atoms with E-state index in [9.17, 15) is 4.39 Å². The highest BCUT2D eigenvalue weighted by atomic mass is 19.1. The molecular formula is C18H17FN4O. The first-order valence-electron chi connectivity index (χ1n) is 8.02. The quantitative estimate of drug-likeness (QED) is 0.735. The zero-order valence-electron chi connectivity index (χ0n) is 13.1. The van der Waals surface area contributed by atoms with Crippen LogP contribution in [0.5, 0.6) is 0 Å². The van der Waals surface area contributed by atoms with E-state index in [2.05, 4.69) is 19.9 Å². The molecule has 0 spiro atoms. The molecule has 1 atom stereocenters. The van der Waals surface area contributed by atoms with E-state index >= 15 is 0 Å². The summed E-state index contributed by atoms with van der Waals surface area (Å²) < 4.78 is 19.7. The van der Waals surface area contributed by atoms with Gasteiger partial charge >= 0.3 is 0 Å². The minimum Gasteiger partial charge on any atom is -0.443 e. The maximum absolute atomic E-state index is 13.8. The lowest BCUT2D eigenvalue weighted by Crippen LogP contribution is -2.23. The van der Waals surface area contributed by atoms with Crippen LogP contribution in [0.15, 0.2) is 53.5 Å². The Bertz CT molecular complexity index is 821. The van der Waals surface area contributed by atoms with Crippen LogP contribution in [0.4, 0.5) is 10.2 Å². The summed E-state index contributed by atoms with van der Waals surface area (Å²) in [5.41, 5.74) is 0.610. The van der Waals surface area contributed by atoms with Crippen molar-refractivity contribution < 1.29 is 8.81 Å². The van der Waals surface area contributed by atoms with Crippen molar-refractivity contribution in [2.45, 2.75) is 25.3 Å². The summed E-state index contributed by atoms with van der Waals surface area (Å²) in [6.07, 6.45) is 7.39. The molecule has 24 heavy (non-hydrogen) atoms. The average molecular weight is 324 g/mol. The van der Waals surface area contributed by atoms with E-state index < -0.39 is 0 Å². The van der Waals surface area contributed by atoms with Crippen LogP contribution in [0.1, 0.15) is 36.1 Å². The molecule has 1 unspecified atom stereocenters. The minimum atomic E-state index is -0.223. The van der Waals surface area contributed by atoms with Crippen molar-refractivity contribution in [1.82, 2.24) is 15.0 Å². The number of hydrogen-bond acceptors (Lipinski definition) is 5. The molecule has 0 bridgehead atoms. The van der Waals surface area contributed by atoms with Gasteiger partial charge < -0.3 is 9.32 Å². The van der Waals surface area contributed by atoms with Gasteiger partial charge in [-0.15, -0.1) is 0 Å². The second kappa shape index (κ2) is 6.39. The van der Waals surface area contributed by atoms with E-state index in [4.69, 9.17) is 4.42 Å². The summed E-state index contributed by atoms with van der Waals surface area (Å²) >= 11 is 0. The molecule has 6 heteroatoms. The van der Waals surface area contributed by atoms with Crippen LogP contribution in [0.3, 0.4) is 0 Å². The monoisotopic (exact) mass is 324 g/mol. The minimum absolute atomic E-state index is 0.0641. The highest BCUT2D eigenvalue weighted by molar-refractivity contribution is 5.40. The molecule has 2 aromatic heterocycles. The van der Waals surface area contributed by atoms with Gasteiger partial charge in [0.05, 0.1) is 6.20 Å². The predicted octanol–water partition coefficient (Wildman–Crippen LogP) is 3.54. The molecule has 0 N–H and O–H groups in total. The molecule has 1 fully saturated rings. The van der Waals surface area contributed by atoms with Crippen LogP contribution in [0.25, 0.3) is 0 Å². The molecule has 3 aromatic rings. The van der Waals surface area contributed by atoms with Crippen LogP contribution >= 0.6 is 0 Å². The van der Waals surface area contributed by atoms with Gasteiger partial charge in [0.25, 0.3) is 0 Å². The average Bonchev–Trinajstić information content (AvgIpc) is 3.27. The van der Waals surface area contributed by atoms with E-state index in [1.807, 2.05) is 12.1 Å². The third-order valence-corrected chi connectivity index (χ3v) is 4.29. The zero-order valence-corrected chi connectivity index (χ0v) is 13.1. The van der Waals surface area contributed by atoms with Crippen molar-refractivity contribution in [2.24, 2.45) is 0 Å². The van der Waals surface area contributed by atoms with Gasteiger partial charge in [0.2, 0.25) is 5.89 Å². The number of benzene rings is 1. The van der Waals surface area contributed by atoms with Gasteiger partial charge in [0.15, 0.2) is 0 Å². The van der Waals surface area contributed by atoms with Gasteiger partial charge in [-0.1, -0.05) is 18.2 Å². The Balaban J connectivity index is 1.55. The molecule has 4 rings (SSSR count). The highest BCUT2D eigenvalue weighted by Crippen LogP contribution is 2.34. The lowest BCUT2D eigenvalue weighted by molar-refractivity contribution is 0.423. The molecule has 0 saturated carbocycles. The number of oxazole rings is 1. The SMILES string of the molecule is Fc1ccccc1Cc1cnc(C2CCCN2c2ccncn2)o1. The van der Waals surface area contributed by atoms with Gasteiger partial charge in [-0.3, -0.25) is 0 Å². The molecule has 1 aliphatic heterocycles. The Morgan fingerprint density at radius 3 is 2.96 bits per heavy atom. The topological polar surface area (TPSA) is 55.1 Å². The molecule has 1 aliphatic rings. The van der Waals surface area contributed by atoms with Crippen molar-refractivity contribution in [3.63, 3.8) is 0 Å². The number of halogens is 1. The van der Waals surface area contributed by atoms with Crippen LogP contribution in [0, 0.1) is 5.82 Å². The fourth-order valence-corrected chi connectivity index (χ4v) is 3.14. The van der Waals surface area contributed by atoms with Crippen molar-refractivity contribution in [3.05, 3.63) is 72.1 Å².